The summed E-state index contributed by atoms with van der Waals surface area (Å²) in [6.45, 7) is 11.7. The quantitative estimate of drug-likeness (QED) is 0.733. The van der Waals surface area contributed by atoms with Gasteiger partial charge >= 0.3 is 6.09 Å². The first kappa shape index (κ1) is 15.6. The number of hydrogen-bond acceptors (Lipinski definition) is 4. The molecule has 0 bridgehead atoms. The lowest BCUT2D eigenvalue weighted by Gasteiger charge is -2.42. The first-order valence-corrected chi connectivity index (χ1v) is 7.76. The lowest BCUT2D eigenvalue weighted by molar-refractivity contribution is 0.00652. The SMILES string of the molecule is CN1CCC(N2CCN(C(=O)OC(C)(C)C)CC2)CC1. The second-order valence-electron chi connectivity index (χ2n) is 7.04. The van der Waals surface area contributed by atoms with Crippen molar-refractivity contribution in [2.75, 3.05) is 46.3 Å². The van der Waals surface area contributed by atoms with Crippen molar-refractivity contribution in [1.29, 1.82) is 0 Å². The van der Waals surface area contributed by atoms with Gasteiger partial charge in [-0.15, -0.1) is 0 Å². The van der Waals surface area contributed by atoms with Crippen LogP contribution in [0, 0.1) is 0 Å². The van der Waals surface area contributed by atoms with E-state index in [2.05, 4.69) is 16.8 Å². The summed E-state index contributed by atoms with van der Waals surface area (Å²) in [4.78, 5) is 18.8. The van der Waals surface area contributed by atoms with Crippen LogP contribution in [0.1, 0.15) is 33.6 Å². The molecule has 0 radical (unpaired) electrons. The van der Waals surface area contributed by atoms with Crippen molar-refractivity contribution in [3.05, 3.63) is 0 Å². The molecule has 0 aromatic carbocycles. The van der Waals surface area contributed by atoms with Crippen molar-refractivity contribution in [3.8, 4) is 0 Å². The van der Waals surface area contributed by atoms with Gasteiger partial charge in [-0.3, -0.25) is 4.90 Å². The van der Waals surface area contributed by atoms with E-state index in [1.807, 2.05) is 25.7 Å². The molecule has 2 saturated heterocycles. The van der Waals surface area contributed by atoms with Crippen molar-refractivity contribution in [2.24, 2.45) is 0 Å². The number of nitrogens with zero attached hydrogens (tertiary/aromatic N) is 3. The molecule has 20 heavy (non-hydrogen) atoms. The highest BCUT2D eigenvalue weighted by Crippen LogP contribution is 2.18. The topological polar surface area (TPSA) is 36.0 Å². The Bertz CT molecular complexity index is 325. The Labute approximate surface area is 122 Å². The summed E-state index contributed by atoms with van der Waals surface area (Å²) in [6, 6.07) is 0.701. The molecule has 0 atom stereocenters. The molecule has 2 fully saturated rings. The van der Waals surface area contributed by atoms with Gasteiger partial charge in [0.15, 0.2) is 0 Å². The summed E-state index contributed by atoms with van der Waals surface area (Å²) in [6.07, 6.45) is 2.34. The second kappa shape index (κ2) is 6.31. The third-order valence-corrected chi connectivity index (χ3v) is 4.17. The van der Waals surface area contributed by atoms with Crippen LogP contribution in [0.2, 0.25) is 0 Å². The maximum absolute atomic E-state index is 12.0. The lowest BCUT2D eigenvalue weighted by Crippen LogP contribution is -2.54. The standard InChI is InChI=1S/C15H29N3O2/c1-15(2,3)20-14(19)18-11-9-17(10-12-18)13-5-7-16(4)8-6-13/h13H,5-12H2,1-4H3. The molecular formula is C15H29N3O2. The van der Waals surface area contributed by atoms with Gasteiger partial charge in [0.05, 0.1) is 0 Å². The van der Waals surface area contributed by atoms with Crippen LogP contribution >= 0.6 is 0 Å². The first-order valence-electron chi connectivity index (χ1n) is 7.76. The molecule has 5 heteroatoms. The summed E-state index contributed by atoms with van der Waals surface area (Å²) >= 11 is 0. The predicted octanol–water partition coefficient (Wildman–Crippen LogP) is 1.63. The fraction of sp³-hybridized carbons (Fsp3) is 0.933. The van der Waals surface area contributed by atoms with Crippen LogP contribution in [0.5, 0.6) is 0 Å². The first-order chi connectivity index (χ1) is 9.35. The minimum absolute atomic E-state index is 0.166. The minimum Gasteiger partial charge on any atom is -0.444 e. The van der Waals surface area contributed by atoms with Crippen LogP contribution in [0.15, 0.2) is 0 Å². The highest BCUT2D eigenvalue weighted by Gasteiger charge is 2.29. The number of likely N-dealkylation sites (tertiary alicyclic amines) is 1. The average molecular weight is 283 g/mol. The predicted molar refractivity (Wildman–Crippen MR) is 79.9 cm³/mol. The molecule has 0 N–H and O–H groups in total. The Balaban J connectivity index is 1.76. The van der Waals surface area contributed by atoms with Crippen LogP contribution in [0.4, 0.5) is 4.79 Å². The van der Waals surface area contributed by atoms with Gasteiger partial charge in [-0.25, -0.2) is 4.79 Å². The van der Waals surface area contributed by atoms with Crippen LogP contribution in [0.3, 0.4) is 0 Å². The Hall–Kier alpha value is -0.810. The molecule has 0 aromatic rings. The minimum atomic E-state index is -0.401. The van der Waals surface area contributed by atoms with Gasteiger partial charge in [-0.1, -0.05) is 0 Å². The van der Waals surface area contributed by atoms with Gasteiger partial charge < -0.3 is 14.5 Å². The van der Waals surface area contributed by atoms with E-state index in [-0.39, 0.29) is 6.09 Å². The highest BCUT2D eigenvalue weighted by atomic mass is 16.6. The maximum Gasteiger partial charge on any atom is 0.410 e. The Morgan fingerprint density at radius 3 is 2.05 bits per heavy atom. The number of amides is 1. The van der Waals surface area contributed by atoms with E-state index >= 15 is 0 Å². The summed E-state index contributed by atoms with van der Waals surface area (Å²) < 4.78 is 5.43. The van der Waals surface area contributed by atoms with Crippen molar-refractivity contribution in [3.63, 3.8) is 0 Å². The van der Waals surface area contributed by atoms with Gasteiger partial charge in [0, 0.05) is 32.2 Å². The van der Waals surface area contributed by atoms with Gasteiger partial charge in [0.1, 0.15) is 5.60 Å². The zero-order valence-corrected chi connectivity index (χ0v) is 13.4. The fourth-order valence-electron chi connectivity index (χ4n) is 2.96. The smallest absolute Gasteiger partial charge is 0.410 e. The van der Waals surface area contributed by atoms with Crippen molar-refractivity contribution < 1.29 is 9.53 Å². The molecule has 2 heterocycles. The third kappa shape index (κ3) is 4.35. The Morgan fingerprint density at radius 2 is 1.55 bits per heavy atom. The summed E-state index contributed by atoms with van der Waals surface area (Å²) in [5.41, 5.74) is -0.401. The van der Waals surface area contributed by atoms with Gasteiger partial charge in [-0.05, 0) is 53.8 Å². The summed E-state index contributed by atoms with van der Waals surface area (Å²) in [7, 11) is 2.19. The Morgan fingerprint density at radius 1 is 1.00 bits per heavy atom. The van der Waals surface area contributed by atoms with E-state index in [4.69, 9.17) is 4.74 Å². The molecule has 0 aliphatic carbocycles. The second-order valence-corrected chi connectivity index (χ2v) is 7.04. The molecule has 5 nitrogen and oxygen atoms in total. The molecule has 2 aliphatic rings. The Kier molecular flexibility index (Phi) is 4.91. The van der Waals surface area contributed by atoms with Crippen LogP contribution in [0.25, 0.3) is 0 Å². The molecule has 1 amide bonds. The molecule has 2 rings (SSSR count). The number of piperidine rings is 1. The van der Waals surface area contributed by atoms with E-state index in [0.29, 0.717) is 6.04 Å². The van der Waals surface area contributed by atoms with Crippen LogP contribution in [-0.2, 0) is 4.74 Å². The van der Waals surface area contributed by atoms with Crippen LogP contribution < -0.4 is 0 Å². The maximum atomic E-state index is 12.0. The molecule has 2 aliphatic heterocycles. The number of piperazine rings is 1. The average Bonchev–Trinajstić information content (AvgIpc) is 2.38. The van der Waals surface area contributed by atoms with Gasteiger partial charge in [0.2, 0.25) is 0 Å². The third-order valence-electron chi connectivity index (χ3n) is 4.17. The summed E-state index contributed by atoms with van der Waals surface area (Å²) in [5.74, 6) is 0. The highest BCUT2D eigenvalue weighted by molar-refractivity contribution is 5.68. The largest absolute Gasteiger partial charge is 0.444 e. The normalized spacial score (nSPS) is 23.9. The zero-order chi connectivity index (χ0) is 14.8. The number of carbonyl (C=O) groups excluding carboxylic acids is 1. The molecule has 0 unspecified atom stereocenters. The molecule has 116 valence electrons. The van der Waals surface area contributed by atoms with Crippen LogP contribution in [-0.4, -0.2) is 78.8 Å². The van der Waals surface area contributed by atoms with E-state index in [0.717, 1.165) is 26.2 Å². The van der Waals surface area contributed by atoms with Crippen molar-refractivity contribution in [1.82, 2.24) is 14.7 Å². The lowest BCUT2D eigenvalue weighted by atomic mass is 10.0. The molecule has 0 aromatic heterocycles. The van der Waals surface area contributed by atoms with E-state index < -0.39 is 5.60 Å². The monoisotopic (exact) mass is 283 g/mol. The van der Waals surface area contributed by atoms with E-state index in [9.17, 15) is 4.79 Å². The van der Waals surface area contributed by atoms with Gasteiger partial charge in [-0.2, -0.15) is 0 Å². The number of carbonyl (C=O) groups is 1. The van der Waals surface area contributed by atoms with E-state index in [1.165, 1.54) is 25.9 Å². The number of ether oxygens (including phenoxy) is 1. The number of hydrogen-bond donors (Lipinski definition) is 0. The molecule has 0 spiro atoms. The zero-order valence-electron chi connectivity index (χ0n) is 13.4. The fourth-order valence-corrected chi connectivity index (χ4v) is 2.96. The molecular weight excluding hydrogens is 254 g/mol. The van der Waals surface area contributed by atoms with Crippen molar-refractivity contribution >= 4 is 6.09 Å². The van der Waals surface area contributed by atoms with E-state index in [1.54, 1.807) is 0 Å². The van der Waals surface area contributed by atoms with Gasteiger partial charge in [0.25, 0.3) is 0 Å². The number of rotatable bonds is 1. The molecule has 0 saturated carbocycles. The summed E-state index contributed by atoms with van der Waals surface area (Å²) in [5, 5.41) is 0. The van der Waals surface area contributed by atoms with Crippen molar-refractivity contribution in [2.45, 2.75) is 45.3 Å².